The molecule has 1 aromatic rings. The fourth-order valence-corrected chi connectivity index (χ4v) is 5.61. The maximum absolute atomic E-state index is 10.5. The van der Waals surface area contributed by atoms with Crippen LogP contribution < -0.4 is 0 Å². The largest absolute Gasteiger partial charge is 0.508 e. The third-order valence-corrected chi connectivity index (χ3v) is 6.70. The molecule has 4 N–H and O–H groups in total. The summed E-state index contributed by atoms with van der Waals surface area (Å²) in [7, 11) is 0. The van der Waals surface area contributed by atoms with Crippen LogP contribution in [0.3, 0.4) is 0 Å². The maximum atomic E-state index is 10.5. The van der Waals surface area contributed by atoms with E-state index in [1.54, 1.807) is 12.1 Å². The summed E-state index contributed by atoms with van der Waals surface area (Å²) >= 11 is 0. The van der Waals surface area contributed by atoms with E-state index < -0.39 is 18.3 Å². The molecular weight excluding hydrogens is 280 g/mol. The normalized spacial score (nSPS) is 46.7. The van der Waals surface area contributed by atoms with E-state index in [1.807, 2.05) is 6.07 Å². The number of aliphatic hydroxyl groups is 3. The second kappa shape index (κ2) is 4.70. The monoisotopic (exact) mass is 304 g/mol. The molecule has 3 aliphatic rings. The summed E-state index contributed by atoms with van der Waals surface area (Å²) in [4.78, 5) is 0. The summed E-state index contributed by atoms with van der Waals surface area (Å²) in [5.74, 6) is 0.723. The lowest BCUT2D eigenvalue weighted by Crippen LogP contribution is -2.46. The molecule has 0 radical (unpaired) electrons. The standard InChI is InChI=1S/C18H24O4/c1-18-5-4-11-10-3-2-9(19)6-12(10)14(20)7-13(11)17(18)15(21)8-16(18)22/h2-3,6,11,13-17,19-22H,4-5,7-8H2,1H3/t11-,13-,14?,15?,16+,17-,18-/m0/s1. The van der Waals surface area contributed by atoms with Crippen LogP contribution in [0.2, 0.25) is 0 Å². The zero-order valence-corrected chi connectivity index (χ0v) is 12.8. The van der Waals surface area contributed by atoms with Gasteiger partial charge in [0.15, 0.2) is 0 Å². The summed E-state index contributed by atoms with van der Waals surface area (Å²) in [6.45, 7) is 2.09. The topological polar surface area (TPSA) is 80.9 Å². The first-order valence-electron chi connectivity index (χ1n) is 8.29. The van der Waals surface area contributed by atoms with E-state index in [0.29, 0.717) is 18.8 Å². The second-order valence-electron chi connectivity index (χ2n) is 7.72. The van der Waals surface area contributed by atoms with Gasteiger partial charge in [-0.05, 0) is 65.7 Å². The van der Waals surface area contributed by atoms with Gasteiger partial charge < -0.3 is 20.4 Å². The number of phenolic OH excluding ortho intramolecular Hbond substituents is 1. The van der Waals surface area contributed by atoms with E-state index in [1.165, 1.54) is 0 Å². The number of rotatable bonds is 0. The quantitative estimate of drug-likeness (QED) is 0.591. The van der Waals surface area contributed by atoms with Gasteiger partial charge in [0.05, 0.1) is 18.3 Å². The van der Waals surface area contributed by atoms with E-state index in [0.717, 1.165) is 24.0 Å². The molecule has 0 aromatic heterocycles. The highest BCUT2D eigenvalue weighted by Gasteiger charge is 2.59. The van der Waals surface area contributed by atoms with Crippen LogP contribution in [-0.2, 0) is 0 Å². The maximum Gasteiger partial charge on any atom is 0.115 e. The van der Waals surface area contributed by atoms with Crippen LogP contribution in [0.25, 0.3) is 0 Å². The fraction of sp³-hybridized carbons (Fsp3) is 0.667. The Balaban J connectivity index is 1.77. The van der Waals surface area contributed by atoms with Crippen LogP contribution in [-0.4, -0.2) is 32.6 Å². The zero-order valence-electron chi connectivity index (χ0n) is 12.8. The Morgan fingerprint density at radius 2 is 1.86 bits per heavy atom. The first-order chi connectivity index (χ1) is 10.4. The SMILES string of the molecule is C[C@@]12CC[C@H]3c4ccc(O)cc4C(O)C[C@@H]3[C@H]1C(O)C[C@H]2O. The van der Waals surface area contributed by atoms with E-state index in [4.69, 9.17) is 0 Å². The molecule has 1 aromatic carbocycles. The molecule has 0 aliphatic heterocycles. The van der Waals surface area contributed by atoms with Gasteiger partial charge in [-0.3, -0.25) is 0 Å². The lowest BCUT2D eigenvalue weighted by Gasteiger charge is -2.51. The van der Waals surface area contributed by atoms with Crippen molar-refractivity contribution in [2.45, 2.75) is 56.8 Å². The molecule has 4 rings (SSSR count). The minimum atomic E-state index is -0.601. The number of benzene rings is 1. The van der Waals surface area contributed by atoms with Crippen molar-refractivity contribution in [1.82, 2.24) is 0 Å². The summed E-state index contributed by atoms with van der Waals surface area (Å²) in [6.07, 6.45) is 1.37. The van der Waals surface area contributed by atoms with Gasteiger partial charge in [0, 0.05) is 6.42 Å². The highest BCUT2D eigenvalue weighted by atomic mass is 16.3. The fourth-order valence-electron chi connectivity index (χ4n) is 5.61. The van der Waals surface area contributed by atoms with Gasteiger partial charge in [0.2, 0.25) is 0 Å². The highest BCUT2D eigenvalue weighted by Crippen LogP contribution is 2.62. The number of aromatic hydroxyl groups is 1. The third kappa shape index (κ3) is 1.81. The molecular formula is C18H24O4. The Labute approximate surface area is 130 Å². The van der Waals surface area contributed by atoms with Gasteiger partial charge in [-0.1, -0.05) is 13.0 Å². The molecule has 0 heterocycles. The minimum absolute atomic E-state index is 0.0397. The predicted octanol–water partition coefficient (Wildman–Crippen LogP) is 2.07. The van der Waals surface area contributed by atoms with Gasteiger partial charge >= 0.3 is 0 Å². The molecule has 7 atom stereocenters. The molecule has 2 saturated carbocycles. The van der Waals surface area contributed by atoms with Gasteiger partial charge in [-0.2, -0.15) is 0 Å². The highest BCUT2D eigenvalue weighted by molar-refractivity contribution is 5.41. The Hall–Kier alpha value is -1.10. The molecule has 0 saturated heterocycles. The van der Waals surface area contributed by atoms with Crippen LogP contribution in [0.4, 0.5) is 0 Å². The Kier molecular flexibility index (Phi) is 3.09. The molecule has 4 heteroatoms. The smallest absolute Gasteiger partial charge is 0.115 e. The molecule has 22 heavy (non-hydrogen) atoms. The van der Waals surface area contributed by atoms with Crippen LogP contribution in [0.1, 0.15) is 55.8 Å². The molecule has 3 aliphatic carbocycles. The van der Waals surface area contributed by atoms with E-state index in [-0.39, 0.29) is 23.0 Å². The predicted molar refractivity (Wildman–Crippen MR) is 81.4 cm³/mol. The summed E-state index contributed by atoms with van der Waals surface area (Å²) in [5, 5.41) is 41.1. The van der Waals surface area contributed by atoms with Gasteiger partial charge in [0.1, 0.15) is 5.75 Å². The zero-order chi connectivity index (χ0) is 15.6. The van der Waals surface area contributed by atoms with E-state index in [2.05, 4.69) is 6.92 Å². The van der Waals surface area contributed by atoms with Crippen molar-refractivity contribution in [2.24, 2.45) is 17.3 Å². The van der Waals surface area contributed by atoms with Gasteiger partial charge in [0.25, 0.3) is 0 Å². The Morgan fingerprint density at radius 1 is 1.09 bits per heavy atom. The van der Waals surface area contributed by atoms with Crippen LogP contribution in [0.5, 0.6) is 5.75 Å². The average Bonchev–Trinajstić information content (AvgIpc) is 2.69. The number of aliphatic hydroxyl groups excluding tert-OH is 3. The van der Waals surface area contributed by atoms with Gasteiger partial charge in [-0.15, -0.1) is 0 Å². The summed E-state index contributed by atoms with van der Waals surface area (Å²) in [6, 6.07) is 5.27. The molecule has 120 valence electrons. The van der Waals surface area contributed by atoms with Crippen LogP contribution in [0, 0.1) is 17.3 Å². The summed E-state index contributed by atoms with van der Waals surface area (Å²) < 4.78 is 0. The lowest BCUT2D eigenvalue weighted by molar-refractivity contribution is -0.0586. The van der Waals surface area contributed by atoms with E-state index in [9.17, 15) is 20.4 Å². The first kappa shape index (κ1) is 14.5. The summed E-state index contributed by atoms with van der Waals surface area (Å²) in [5.41, 5.74) is 1.70. The van der Waals surface area contributed by atoms with Crippen LogP contribution >= 0.6 is 0 Å². The number of phenols is 1. The number of fused-ring (bicyclic) bond motifs is 5. The van der Waals surface area contributed by atoms with Crippen molar-refractivity contribution in [3.8, 4) is 5.75 Å². The second-order valence-corrected chi connectivity index (χ2v) is 7.72. The van der Waals surface area contributed by atoms with E-state index >= 15 is 0 Å². The molecule has 0 amide bonds. The van der Waals surface area contributed by atoms with Crippen LogP contribution in [0.15, 0.2) is 18.2 Å². The third-order valence-electron chi connectivity index (χ3n) is 6.70. The Morgan fingerprint density at radius 3 is 2.64 bits per heavy atom. The number of hydrogen-bond donors (Lipinski definition) is 4. The minimum Gasteiger partial charge on any atom is -0.508 e. The molecule has 0 spiro atoms. The first-order valence-corrected chi connectivity index (χ1v) is 8.29. The van der Waals surface area contributed by atoms with Crippen molar-refractivity contribution in [3.05, 3.63) is 29.3 Å². The van der Waals surface area contributed by atoms with Gasteiger partial charge in [-0.25, -0.2) is 0 Å². The molecule has 0 bridgehead atoms. The Bertz CT molecular complexity index is 601. The lowest BCUT2D eigenvalue weighted by atomic mass is 9.54. The molecule has 2 fully saturated rings. The van der Waals surface area contributed by atoms with Crippen molar-refractivity contribution in [3.63, 3.8) is 0 Å². The average molecular weight is 304 g/mol. The van der Waals surface area contributed by atoms with Crippen molar-refractivity contribution >= 4 is 0 Å². The van der Waals surface area contributed by atoms with Crippen molar-refractivity contribution < 1.29 is 20.4 Å². The molecule has 2 unspecified atom stereocenters. The molecule has 4 nitrogen and oxygen atoms in total. The van der Waals surface area contributed by atoms with Crippen molar-refractivity contribution in [2.75, 3.05) is 0 Å². The van der Waals surface area contributed by atoms with Crippen molar-refractivity contribution in [1.29, 1.82) is 0 Å². The number of hydrogen-bond acceptors (Lipinski definition) is 4.